The smallest absolute Gasteiger partial charge is 0.306 e. The summed E-state index contributed by atoms with van der Waals surface area (Å²) in [5.41, 5.74) is 3.04. The fourth-order valence-corrected chi connectivity index (χ4v) is 3.22. The van der Waals surface area contributed by atoms with Crippen LogP contribution in [0.3, 0.4) is 0 Å². The highest BCUT2D eigenvalue weighted by Gasteiger charge is 2.23. The van der Waals surface area contributed by atoms with Crippen LogP contribution in [0.2, 0.25) is 0 Å². The molecule has 0 aliphatic carbocycles. The molecule has 0 aromatic heterocycles. The van der Waals surface area contributed by atoms with E-state index in [1.807, 2.05) is 25.1 Å². The zero-order valence-corrected chi connectivity index (χ0v) is 17.2. The van der Waals surface area contributed by atoms with Gasteiger partial charge in [-0.2, -0.15) is 0 Å². The van der Waals surface area contributed by atoms with Gasteiger partial charge in [-0.05, 0) is 61.7 Å². The van der Waals surface area contributed by atoms with E-state index in [9.17, 15) is 9.59 Å². The predicted molar refractivity (Wildman–Crippen MR) is 114 cm³/mol. The first-order chi connectivity index (χ1) is 14.6. The number of hydrogen-bond acceptors (Lipinski definition) is 6. The van der Waals surface area contributed by atoms with Crippen molar-refractivity contribution in [1.29, 1.82) is 0 Å². The van der Waals surface area contributed by atoms with E-state index in [1.54, 1.807) is 37.4 Å². The number of rotatable bonds is 8. The van der Waals surface area contributed by atoms with E-state index in [2.05, 4.69) is 10.5 Å². The van der Waals surface area contributed by atoms with E-state index in [0.717, 1.165) is 16.9 Å². The van der Waals surface area contributed by atoms with E-state index in [0.29, 0.717) is 43.9 Å². The van der Waals surface area contributed by atoms with Crippen molar-refractivity contribution in [2.75, 3.05) is 25.1 Å². The minimum Gasteiger partial charge on any atom is -0.493 e. The van der Waals surface area contributed by atoms with Gasteiger partial charge in [-0.1, -0.05) is 17.3 Å². The van der Waals surface area contributed by atoms with Crippen molar-refractivity contribution in [3.63, 3.8) is 0 Å². The van der Waals surface area contributed by atoms with Crippen LogP contribution in [-0.2, 0) is 20.8 Å². The Morgan fingerprint density at radius 2 is 1.97 bits per heavy atom. The molecule has 1 atom stereocenters. The van der Waals surface area contributed by atoms with Crippen LogP contribution in [0, 0.1) is 5.92 Å². The molecule has 30 heavy (non-hydrogen) atoms. The molecule has 2 aromatic rings. The third-order valence-corrected chi connectivity index (χ3v) is 4.64. The maximum atomic E-state index is 12.6. The molecule has 1 N–H and O–H groups in total. The summed E-state index contributed by atoms with van der Waals surface area (Å²) in [6.07, 6.45) is 2.62. The summed E-state index contributed by atoms with van der Waals surface area (Å²) in [4.78, 5) is 29.2. The summed E-state index contributed by atoms with van der Waals surface area (Å²) in [6.45, 7) is 5.02. The molecule has 7 heteroatoms. The number of nitrogens with one attached hydrogen (secondary N) is 1. The quantitative estimate of drug-likeness (QED) is 0.406. The first kappa shape index (κ1) is 21.4. The average molecular weight is 410 g/mol. The highest BCUT2D eigenvalue weighted by Crippen LogP contribution is 2.31. The number of hydrogen-bond donors (Lipinski definition) is 1. The van der Waals surface area contributed by atoms with Gasteiger partial charge in [-0.3, -0.25) is 9.59 Å². The zero-order valence-electron chi connectivity index (χ0n) is 17.2. The number of nitrogens with zero attached hydrogens (tertiary/aromatic N) is 1. The van der Waals surface area contributed by atoms with Gasteiger partial charge in [0.1, 0.15) is 12.4 Å². The zero-order chi connectivity index (χ0) is 21.3. The predicted octanol–water partition coefficient (Wildman–Crippen LogP) is 3.81. The highest BCUT2D eigenvalue weighted by molar-refractivity contribution is 6.04. The largest absolute Gasteiger partial charge is 0.493 e. The lowest BCUT2D eigenvalue weighted by molar-refractivity contribution is -0.144. The lowest BCUT2D eigenvalue weighted by Crippen LogP contribution is -2.24. The molecule has 1 heterocycles. The maximum Gasteiger partial charge on any atom is 0.306 e. The van der Waals surface area contributed by atoms with E-state index in [-0.39, 0.29) is 17.8 Å². The van der Waals surface area contributed by atoms with Gasteiger partial charge in [0.15, 0.2) is 0 Å². The molecular weight excluding hydrogens is 384 g/mol. The lowest BCUT2D eigenvalue weighted by Gasteiger charge is -2.25. The van der Waals surface area contributed by atoms with Gasteiger partial charge in [0.05, 0.1) is 25.8 Å². The maximum absolute atomic E-state index is 12.6. The Kier molecular flexibility index (Phi) is 7.43. The number of anilines is 1. The van der Waals surface area contributed by atoms with Crippen molar-refractivity contribution in [2.45, 2.75) is 26.7 Å². The van der Waals surface area contributed by atoms with Crippen LogP contribution in [0.15, 0.2) is 47.6 Å². The summed E-state index contributed by atoms with van der Waals surface area (Å²) in [6, 6.07) is 12.6. The van der Waals surface area contributed by atoms with Crippen molar-refractivity contribution in [3.8, 4) is 5.75 Å². The van der Waals surface area contributed by atoms with Gasteiger partial charge in [0.2, 0.25) is 0 Å². The van der Waals surface area contributed by atoms with Gasteiger partial charge in [0.25, 0.3) is 5.91 Å². The Morgan fingerprint density at radius 3 is 2.70 bits per heavy atom. The Bertz CT molecular complexity index is 908. The SMILES string of the molecule is CCO/N=C/c1ccc(C(=O)Nc2ccc3c(c2)CC(CC(=O)OCC)CO3)cc1. The molecular formula is C23H26N2O5. The van der Waals surface area contributed by atoms with Crippen molar-refractivity contribution >= 4 is 23.8 Å². The normalized spacial score (nSPS) is 15.2. The van der Waals surface area contributed by atoms with Gasteiger partial charge < -0.3 is 19.6 Å². The van der Waals surface area contributed by atoms with Crippen LogP contribution in [0.5, 0.6) is 5.75 Å². The van der Waals surface area contributed by atoms with Crippen LogP contribution in [0.1, 0.15) is 41.8 Å². The van der Waals surface area contributed by atoms with E-state index in [4.69, 9.17) is 14.3 Å². The van der Waals surface area contributed by atoms with Crippen LogP contribution >= 0.6 is 0 Å². The summed E-state index contributed by atoms with van der Waals surface area (Å²) < 4.78 is 10.8. The number of oxime groups is 1. The molecule has 0 fully saturated rings. The highest BCUT2D eigenvalue weighted by atomic mass is 16.6. The molecule has 1 aliphatic rings. The van der Waals surface area contributed by atoms with Gasteiger partial charge in [-0.25, -0.2) is 0 Å². The van der Waals surface area contributed by atoms with Gasteiger partial charge in [0, 0.05) is 17.2 Å². The van der Waals surface area contributed by atoms with Crippen molar-refractivity contribution < 1.29 is 23.9 Å². The van der Waals surface area contributed by atoms with Crippen LogP contribution in [0.4, 0.5) is 5.69 Å². The Balaban J connectivity index is 1.62. The minimum absolute atomic E-state index is 0.0633. The molecule has 158 valence electrons. The summed E-state index contributed by atoms with van der Waals surface area (Å²) in [7, 11) is 0. The minimum atomic E-state index is -0.214. The third-order valence-electron chi connectivity index (χ3n) is 4.64. The van der Waals surface area contributed by atoms with E-state index >= 15 is 0 Å². The summed E-state index contributed by atoms with van der Waals surface area (Å²) in [5.74, 6) is 0.427. The Hall–Kier alpha value is -3.35. The third kappa shape index (κ3) is 5.83. The first-order valence-electron chi connectivity index (χ1n) is 10.1. The fraction of sp³-hybridized carbons (Fsp3) is 0.348. The van der Waals surface area contributed by atoms with Crippen LogP contribution < -0.4 is 10.1 Å². The number of carbonyl (C=O) groups excluding carboxylic acids is 2. The fourth-order valence-electron chi connectivity index (χ4n) is 3.22. The molecule has 0 saturated heterocycles. The Labute approximate surface area is 176 Å². The number of amides is 1. The Morgan fingerprint density at radius 1 is 1.17 bits per heavy atom. The molecule has 1 amide bonds. The monoisotopic (exact) mass is 410 g/mol. The molecule has 3 rings (SSSR count). The molecule has 7 nitrogen and oxygen atoms in total. The van der Waals surface area contributed by atoms with Crippen molar-refractivity contribution in [2.24, 2.45) is 11.1 Å². The van der Waals surface area contributed by atoms with Crippen molar-refractivity contribution in [3.05, 3.63) is 59.2 Å². The second-order valence-corrected chi connectivity index (χ2v) is 6.94. The first-order valence-corrected chi connectivity index (χ1v) is 10.1. The van der Waals surface area contributed by atoms with E-state index < -0.39 is 0 Å². The van der Waals surface area contributed by atoms with Crippen LogP contribution in [0.25, 0.3) is 0 Å². The second kappa shape index (κ2) is 10.4. The summed E-state index contributed by atoms with van der Waals surface area (Å²) in [5, 5.41) is 6.72. The van der Waals surface area contributed by atoms with Crippen molar-refractivity contribution in [1.82, 2.24) is 0 Å². The number of benzene rings is 2. The molecule has 0 spiro atoms. The second-order valence-electron chi connectivity index (χ2n) is 6.94. The number of carbonyl (C=O) groups is 2. The topological polar surface area (TPSA) is 86.2 Å². The molecule has 1 unspecified atom stereocenters. The molecule has 0 saturated carbocycles. The lowest BCUT2D eigenvalue weighted by atomic mass is 9.93. The standard InChI is InChI=1S/C23H26N2O5/c1-3-28-22(26)12-17-11-19-13-20(9-10-21(19)29-15-17)25-23(27)18-7-5-16(6-8-18)14-24-30-4-2/h5-10,13-14,17H,3-4,11-12,15H2,1-2H3,(H,25,27)/b24-14+. The number of fused-ring (bicyclic) bond motifs is 1. The van der Waals surface area contributed by atoms with E-state index in [1.165, 1.54) is 0 Å². The molecule has 0 radical (unpaired) electrons. The average Bonchev–Trinajstić information content (AvgIpc) is 2.74. The molecule has 1 aliphatic heterocycles. The molecule has 2 aromatic carbocycles. The number of esters is 1. The summed E-state index contributed by atoms with van der Waals surface area (Å²) >= 11 is 0. The number of ether oxygens (including phenoxy) is 2. The van der Waals surface area contributed by atoms with Gasteiger partial charge >= 0.3 is 5.97 Å². The van der Waals surface area contributed by atoms with Crippen LogP contribution in [-0.4, -0.2) is 37.9 Å². The van der Waals surface area contributed by atoms with Gasteiger partial charge in [-0.15, -0.1) is 0 Å². The molecule has 0 bridgehead atoms.